The van der Waals surface area contributed by atoms with Gasteiger partial charge in [-0.1, -0.05) is 0 Å². The van der Waals surface area contributed by atoms with Crippen LogP contribution in [0.25, 0.3) is 0 Å². The van der Waals surface area contributed by atoms with E-state index in [0.29, 0.717) is 25.4 Å². The van der Waals surface area contributed by atoms with Gasteiger partial charge in [0.25, 0.3) is 0 Å². The number of rotatable bonds is 1. The van der Waals surface area contributed by atoms with Crippen molar-refractivity contribution in [2.75, 3.05) is 38.2 Å². The molecule has 7 nitrogen and oxygen atoms in total. The van der Waals surface area contributed by atoms with Crippen molar-refractivity contribution >= 4 is 29.7 Å². The molecular weight excluding hydrogens is 294 g/mol. The molecule has 0 aliphatic carbocycles. The number of carbonyl (C=O) groups is 3. The zero-order chi connectivity index (χ0) is 15.8. The van der Waals surface area contributed by atoms with Crippen molar-refractivity contribution in [2.45, 2.75) is 25.4 Å². The molecule has 0 aromatic rings. The van der Waals surface area contributed by atoms with E-state index in [9.17, 15) is 19.5 Å². The van der Waals surface area contributed by atoms with Crippen LogP contribution in [0.2, 0.25) is 0 Å². The summed E-state index contributed by atoms with van der Waals surface area (Å²) in [5.74, 6) is -0.00458. The summed E-state index contributed by atoms with van der Waals surface area (Å²) in [4.78, 5) is 40.8. The molecule has 2 aliphatic rings. The summed E-state index contributed by atoms with van der Waals surface area (Å²) in [6.07, 6.45) is 0. The lowest BCUT2D eigenvalue weighted by molar-refractivity contribution is -0.145. The number of carbonyl (C=O) groups excluding carboxylic acids is 2. The number of urea groups is 1. The topological polar surface area (TPSA) is 81.2 Å². The van der Waals surface area contributed by atoms with Crippen molar-refractivity contribution in [1.82, 2.24) is 14.7 Å². The summed E-state index contributed by atoms with van der Waals surface area (Å²) < 4.78 is 0. The lowest BCUT2D eigenvalue weighted by atomic mass is 9.98. The Morgan fingerprint density at radius 2 is 1.95 bits per heavy atom. The van der Waals surface area contributed by atoms with Crippen molar-refractivity contribution in [2.24, 2.45) is 0 Å². The van der Waals surface area contributed by atoms with Gasteiger partial charge in [-0.05, 0) is 13.8 Å². The van der Waals surface area contributed by atoms with Crippen LogP contribution in [0.3, 0.4) is 0 Å². The average molecular weight is 315 g/mol. The minimum Gasteiger partial charge on any atom is -0.480 e. The van der Waals surface area contributed by atoms with Crippen LogP contribution < -0.4 is 0 Å². The molecule has 118 valence electrons. The van der Waals surface area contributed by atoms with E-state index in [4.69, 9.17) is 0 Å². The standard InChI is InChI=1S/C13H21N3O4S/c1-13(2)11(19)14(3)4-5-16(13)12(20)15-6-7-21-8-9(15)10(17)18/h9H,4-8H2,1-3H3,(H,17,18). The van der Waals surface area contributed by atoms with Gasteiger partial charge in [0, 0.05) is 38.2 Å². The number of thioether (sulfide) groups is 1. The van der Waals surface area contributed by atoms with Crippen LogP contribution in [0.15, 0.2) is 0 Å². The van der Waals surface area contributed by atoms with Gasteiger partial charge in [-0.25, -0.2) is 9.59 Å². The second-order valence-corrected chi connectivity index (χ2v) is 6.99. The minimum atomic E-state index is -0.992. The second-order valence-electron chi connectivity index (χ2n) is 5.84. The SMILES string of the molecule is CN1CCN(C(=O)N2CCSCC2C(=O)O)C(C)(C)C1=O. The van der Waals surface area contributed by atoms with Gasteiger partial charge in [0.15, 0.2) is 0 Å². The number of nitrogens with zero attached hydrogens (tertiary/aromatic N) is 3. The van der Waals surface area contributed by atoms with Gasteiger partial charge in [-0.3, -0.25) is 4.79 Å². The lowest BCUT2D eigenvalue weighted by Gasteiger charge is -2.47. The molecule has 2 heterocycles. The smallest absolute Gasteiger partial charge is 0.327 e. The molecule has 0 saturated carbocycles. The maximum atomic E-state index is 12.7. The zero-order valence-corrected chi connectivity index (χ0v) is 13.4. The molecule has 2 fully saturated rings. The first-order valence-corrected chi connectivity index (χ1v) is 8.06. The molecule has 0 radical (unpaired) electrons. The third kappa shape index (κ3) is 2.81. The van der Waals surface area contributed by atoms with Gasteiger partial charge in [-0.2, -0.15) is 11.8 Å². The van der Waals surface area contributed by atoms with Crippen LogP contribution in [0.1, 0.15) is 13.8 Å². The van der Waals surface area contributed by atoms with E-state index in [-0.39, 0.29) is 11.9 Å². The summed E-state index contributed by atoms with van der Waals surface area (Å²) in [6.45, 7) is 4.70. The largest absolute Gasteiger partial charge is 0.480 e. The quantitative estimate of drug-likeness (QED) is 0.745. The van der Waals surface area contributed by atoms with Crippen LogP contribution in [-0.2, 0) is 9.59 Å². The molecule has 1 unspecified atom stereocenters. The zero-order valence-electron chi connectivity index (χ0n) is 12.5. The lowest BCUT2D eigenvalue weighted by Crippen LogP contribution is -2.67. The van der Waals surface area contributed by atoms with Gasteiger partial charge in [0.1, 0.15) is 11.6 Å². The van der Waals surface area contributed by atoms with Crippen LogP contribution in [0.5, 0.6) is 0 Å². The maximum absolute atomic E-state index is 12.7. The Morgan fingerprint density at radius 3 is 2.57 bits per heavy atom. The minimum absolute atomic E-state index is 0.125. The molecule has 0 aromatic carbocycles. The molecule has 0 spiro atoms. The fourth-order valence-corrected chi connectivity index (χ4v) is 3.78. The highest BCUT2D eigenvalue weighted by molar-refractivity contribution is 7.99. The fraction of sp³-hybridized carbons (Fsp3) is 0.769. The normalized spacial score (nSPS) is 26.0. The number of carboxylic acids is 1. The first-order valence-electron chi connectivity index (χ1n) is 6.91. The Morgan fingerprint density at radius 1 is 1.29 bits per heavy atom. The molecule has 1 N–H and O–H groups in total. The molecule has 8 heteroatoms. The number of amides is 3. The van der Waals surface area contributed by atoms with Crippen molar-refractivity contribution in [3.63, 3.8) is 0 Å². The van der Waals surface area contributed by atoms with E-state index in [1.165, 1.54) is 21.6 Å². The van der Waals surface area contributed by atoms with E-state index in [1.807, 2.05) is 0 Å². The predicted molar refractivity (Wildman–Crippen MR) is 79.3 cm³/mol. The van der Waals surface area contributed by atoms with Crippen molar-refractivity contribution in [1.29, 1.82) is 0 Å². The summed E-state index contributed by atoms with van der Waals surface area (Å²) >= 11 is 1.53. The predicted octanol–water partition coefficient (Wildman–Crippen LogP) is 0.161. The maximum Gasteiger partial charge on any atom is 0.327 e. The summed E-state index contributed by atoms with van der Waals surface area (Å²) in [7, 11) is 1.71. The molecule has 2 saturated heterocycles. The van der Waals surface area contributed by atoms with Gasteiger partial charge in [-0.15, -0.1) is 0 Å². The molecule has 2 aliphatic heterocycles. The Bertz CT molecular complexity index is 468. The number of aliphatic carboxylic acids is 1. The molecule has 0 bridgehead atoms. The molecule has 1 atom stereocenters. The first-order chi connectivity index (χ1) is 9.76. The van der Waals surface area contributed by atoms with Crippen molar-refractivity contribution in [3.05, 3.63) is 0 Å². The molecule has 2 rings (SSSR count). The van der Waals surface area contributed by atoms with Crippen LogP contribution >= 0.6 is 11.8 Å². The van der Waals surface area contributed by atoms with Crippen LogP contribution in [0, 0.1) is 0 Å². The summed E-state index contributed by atoms with van der Waals surface area (Å²) in [6, 6.07) is -1.17. The van der Waals surface area contributed by atoms with E-state index in [1.54, 1.807) is 25.8 Å². The summed E-state index contributed by atoms with van der Waals surface area (Å²) in [5.41, 5.74) is -0.947. The first kappa shape index (κ1) is 15.9. The van der Waals surface area contributed by atoms with E-state index >= 15 is 0 Å². The Hall–Kier alpha value is -1.44. The average Bonchev–Trinajstić information content (AvgIpc) is 2.44. The fourth-order valence-electron chi connectivity index (χ4n) is 2.74. The van der Waals surface area contributed by atoms with Crippen LogP contribution in [-0.4, -0.2) is 87.5 Å². The molecular formula is C13H21N3O4S. The summed E-state index contributed by atoms with van der Waals surface area (Å²) in [5, 5.41) is 9.28. The monoisotopic (exact) mass is 315 g/mol. The van der Waals surface area contributed by atoms with Crippen molar-refractivity contribution < 1.29 is 19.5 Å². The number of piperazine rings is 1. The van der Waals surface area contributed by atoms with E-state index < -0.39 is 17.6 Å². The number of hydrogen-bond acceptors (Lipinski definition) is 4. The molecule has 0 aromatic heterocycles. The Kier molecular flexibility index (Phi) is 4.36. The third-order valence-electron chi connectivity index (χ3n) is 4.09. The third-order valence-corrected chi connectivity index (χ3v) is 5.12. The van der Waals surface area contributed by atoms with Crippen molar-refractivity contribution in [3.8, 4) is 0 Å². The Balaban J connectivity index is 2.22. The number of likely N-dealkylation sites (N-methyl/N-ethyl adjacent to an activating group) is 1. The van der Waals surface area contributed by atoms with Gasteiger partial charge in [0.05, 0.1) is 0 Å². The highest BCUT2D eigenvalue weighted by atomic mass is 32.2. The molecule has 3 amide bonds. The van der Waals surface area contributed by atoms with Gasteiger partial charge >= 0.3 is 12.0 Å². The number of hydrogen-bond donors (Lipinski definition) is 1. The molecule has 21 heavy (non-hydrogen) atoms. The van der Waals surface area contributed by atoms with E-state index in [2.05, 4.69) is 0 Å². The van der Waals surface area contributed by atoms with Gasteiger partial charge in [0.2, 0.25) is 5.91 Å². The van der Waals surface area contributed by atoms with Gasteiger partial charge < -0.3 is 19.8 Å². The number of carboxylic acid groups (broad SMARTS) is 1. The second kappa shape index (κ2) is 5.75. The highest BCUT2D eigenvalue weighted by Crippen LogP contribution is 2.26. The van der Waals surface area contributed by atoms with Crippen LogP contribution in [0.4, 0.5) is 4.79 Å². The Labute approximate surface area is 128 Å². The van der Waals surface area contributed by atoms with E-state index in [0.717, 1.165) is 5.75 Å². The highest BCUT2D eigenvalue weighted by Gasteiger charge is 2.46.